The van der Waals surface area contributed by atoms with E-state index in [-0.39, 0.29) is 88.1 Å². The van der Waals surface area contributed by atoms with Crippen LogP contribution in [0.5, 0.6) is 23.0 Å². The van der Waals surface area contributed by atoms with E-state index < -0.39 is 22.4 Å². The van der Waals surface area contributed by atoms with Gasteiger partial charge in [-0.1, -0.05) is 136 Å². The average molecular weight is 2060 g/mol. The lowest BCUT2D eigenvalue weighted by Crippen LogP contribution is -2.55. The van der Waals surface area contributed by atoms with Crippen molar-refractivity contribution in [3.63, 3.8) is 0 Å². The SMILES string of the molecule is C.C.C.C.COc1cccc2c1nnn2CC(=O)[C@H]1CC[C@H]2[C@@H]3CC[C@@H]4C[C@](C)(O)CC[C@]4(C)[C@H]3CC[C@]12C.COc1cccc2n[nH]nc12.COc1cccc2nn(CC(=O)[C@H]3CC[C@H]4[C@@H]5CC[C@@H]6C[C@](C)(O)CC[C@]6(C)[C@H]5CC[C@]34C)nc12.COc1cccc2nnn(CC(=O)[C@H]3CC[C@H]4[C@@H]5CC[C@@H]6C[C@](C)(O)CC[C@]6(C)[C@H]5CC[C@]34C)c12.C[C@@]1(O)CC[C@@]2(C)[C@H](CC[C@@H]3[C@@H]2CC[C@]2(C)[C@@H](C(=O)CBr)CC[C@@H]32)C1. The zero-order valence-electron chi connectivity index (χ0n) is 87.6. The molecule has 5 N–H and O–H groups in total. The number of aromatic nitrogens is 12. The van der Waals surface area contributed by atoms with E-state index in [1.165, 1.54) is 116 Å². The smallest absolute Gasteiger partial charge is 0.159 e. The third kappa shape index (κ3) is 19.3. The highest BCUT2D eigenvalue weighted by molar-refractivity contribution is 9.09. The number of carbonyl (C=O) groups excluding carboxylic acids is 4. The minimum absolute atomic E-state index is 0. The number of para-hydroxylation sites is 2. The minimum Gasteiger partial charge on any atom is -0.494 e. The molecule has 4 heterocycles. The first kappa shape index (κ1) is 110. The van der Waals surface area contributed by atoms with Crippen LogP contribution in [0.4, 0.5) is 0 Å². The molecule has 0 unspecified atom stereocenters. The first-order chi connectivity index (χ1) is 67.1. The number of carbonyl (C=O) groups is 4. The fourth-order valence-corrected chi connectivity index (χ4v) is 37.8. The van der Waals surface area contributed by atoms with Crippen molar-refractivity contribution in [2.24, 2.45) is 162 Å². The largest absolute Gasteiger partial charge is 0.494 e. The van der Waals surface area contributed by atoms with E-state index >= 15 is 0 Å². The first-order valence-corrected chi connectivity index (χ1v) is 56.2. The summed E-state index contributed by atoms with van der Waals surface area (Å²) in [6.07, 6.45) is 41.1. The molecule has 16 fully saturated rings. The number of aromatic amines is 1. The van der Waals surface area contributed by atoms with E-state index in [2.05, 4.69) is 118 Å². The Morgan fingerprint density at radius 3 is 1.04 bits per heavy atom. The summed E-state index contributed by atoms with van der Waals surface area (Å²) in [5, 5.41) is 80.1. The van der Waals surface area contributed by atoms with Gasteiger partial charge in [0.15, 0.2) is 33.9 Å². The van der Waals surface area contributed by atoms with Gasteiger partial charge in [0, 0.05) is 23.7 Å². The zero-order valence-corrected chi connectivity index (χ0v) is 89.2. The molecule has 0 amide bonds. The van der Waals surface area contributed by atoms with Crippen LogP contribution < -0.4 is 18.9 Å². The quantitative estimate of drug-likeness (QED) is 0.0595. The third-order valence-corrected chi connectivity index (χ3v) is 45.6. The lowest BCUT2D eigenvalue weighted by atomic mass is 9.44. The molecular weight excluding hydrogens is 1880 g/mol. The van der Waals surface area contributed by atoms with Crippen molar-refractivity contribution in [1.29, 1.82) is 0 Å². The fraction of sp³-hybridized carbons (Fsp3) is 0.767. The Balaban J connectivity index is 0.000000133. The van der Waals surface area contributed by atoms with E-state index in [4.69, 9.17) is 18.9 Å². The zero-order chi connectivity index (χ0) is 99.5. The number of aliphatic hydroxyl groups is 4. The molecule has 4 aromatic heterocycles. The summed E-state index contributed by atoms with van der Waals surface area (Å²) in [7, 11) is 6.54. The molecular formula is C120H181BrN12O12. The van der Waals surface area contributed by atoms with Gasteiger partial charge >= 0.3 is 0 Å². The highest BCUT2D eigenvalue weighted by Gasteiger charge is 2.68. The molecule has 0 saturated heterocycles. The van der Waals surface area contributed by atoms with Gasteiger partial charge < -0.3 is 39.4 Å². The number of H-pyrrole nitrogens is 1. The second-order valence-electron chi connectivity index (χ2n) is 52.0. The number of hydrogen-bond acceptors (Lipinski definition) is 20. The number of fused-ring (bicyclic) bond motifs is 24. The Morgan fingerprint density at radius 2 is 0.655 bits per heavy atom. The number of rotatable bonds is 15. The number of Topliss-reactive ketones (excluding diaryl/α,β-unsaturated/α-hetero) is 4. The van der Waals surface area contributed by atoms with E-state index in [0.29, 0.717) is 115 Å². The summed E-state index contributed by atoms with van der Waals surface area (Å²) >= 11 is 3.43. The number of nitrogens with one attached hydrogen (secondary N) is 1. The van der Waals surface area contributed by atoms with Crippen molar-refractivity contribution >= 4 is 83.2 Å². The molecule has 16 aliphatic rings. The Morgan fingerprint density at radius 1 is 0.331 bits per heavy atom. The number of benzene rings is 4. The Labute approximate surface area is 873 Å². The van der Waals surface area contributed by atoms with Crippen molar-refractivity contribution in [3.05, 3.63) is 72.8 Å². The Kier molecular flexibility index (Phi) is 31.5. The second kappa shape index (κ2) is 41.3. The highest BCUT2D eigenvalue weighted by atomic mass is 79.9. The van der Waals surface area contributed by atoms with Gasteiger partial charge in [-0.15, -0.1) is 15.3 Å². The number of ether oxygens (including phenoxy) is 4. The van der Waals surface area contributed by atoms with E-state index in [9.17, 15) is 39.6 Å². The molecule has 0 spiro atoms. The maximum Gasteiger partial charge on any atom is 0.159 e. The molecule has 25 heteroatoms. The van der Waals surface area contributed by atoms with Crippen LogP contribution in [0, 0.1) is 162 Å². The molecule has 8 aromatic rings. The van der Waals surface area contributed by atoms with Gasteiger partial charge in [-0.2, -0.15) is 25.3 Å². The molecule has 800 valence electrons. The molecule has 0 radical (unpaired) electrons. The van der Waals surface area contributed by atoms with Gasteiger partial charge in [0.05, 0.1) is 61.7 Å². The van der Waals surface area contributed by atoms with E-state index in [1.54, 1.807) is 42.6 Å². The third-order valence-electron chi connectivity index (χ3n) is 45.0. The Bertz CT molecular complexity index is 5920. The van der Waals surface area contributed by atoms with Gasteiger partial charge in [-0.05, 0) is 445 Å². The lowest BCUT2D eigenvalue weighted by molar-refractivity contribution is -0.151. The maximum atomic E-state index is 13.8. The van der Waals surface area contributed by atoms with Gasteiger partial charge in [0.25, 0.3) is 0 Å². The number of alkyl halides is 1. The minimum atomic E-state index is -0.487. The van der Waals surface area contributed by atoms with Crippen molar-refractivity contribution in [3.8, 4) is 23.0 Å². The average Bonchev–Trinajstić information content (AvgIpc) is 1.66. The number of hydrogen-bond donors (Lipinski definition) is 5. The van der Waals surface area contributed by atoms with Crippen LogP contribution in [0.3, 0.4) is 0 Å². The number of nitrogens with zero attached hydrogens (tertiary/aromatic N) is 11. The Hall–Kier alpha value is -7.32. The summed E-state index contributed by atoms with van der Waals surface area (Å²) in [5.41, 5.74) is 6.33. The molecule has 145 heavy (non-hydrogen) atoms. The summed E-state index contributed by atoms with van der Waals surface area (Å²) in [6, 6.07) is 22.8. The van der Waals surface area contributed by atoms with Gasteiger partial charge in [-0.3, -0.25) is 19.2 Å². The molecule has 24 rings (SSSR count). The normalized spacial score (nSPS) is 41.3. The van der Waals surface area contributed by atoms with Crippen LogP contribution >= 0.6 is 15.9 Å². The second-order valence-corrected chi connectivity index (χ2v) is 52.5. The monoisotopic (exact) mass is 2060 g/mol. The predicted molar refractivity (Wildman–Crippen MR) is 577 cm³/mol. The summed E-state index contributed by atoms with van der Waals surface area (Å²) in [4.78, 5) is 55.3. The van der Waals surface area contributed by atoms with Crippen LogP contribution in [0.15, 0.2) is 72.8 Å². The van der Waals surface area contributed by atoms with Crippen molar-refractivity contribution in [1.82, 2.24) is 60.4 Å². The van der Waals surface area contributed by atoms with Crippen molar-refractivity contribution in [2.45, 2.75) is 386 Å². The van der Waals surface area contributed by atoms with Gasteiger partial charge in [0.1, 0.15) is 70.5 Å². The predicted octanol–water partition coefficient (Wildman–Crippen LogP) is 25.1. The van der Waals surface area contributed by atoms with E-state index in [0.717, 1.165) is 219 Å². The van der Waals surface area contributed by atoms with Crippen molar-refractivity contribution in [2.75, 3.05) is 33.8 Å². The fourth-order valence-electron chi connectivity index (χ4n) is 37.4. The van der Waals surface area contributed by atoms with Gasteiger partial charge in [0.2, 0.25) is 0 Å². The van der Waals surface area contributed by atoms with Crippen molar-refractivity contribution < 1.29 is 58.6 Å². The summed E-state index contributed by atoms with van der Waals surface area (Å²) < 4.78 is 25.0. The van der Waals surface area contributed by atoms with Crippen LogP contribution in [-0.4, -0.2) is 160 Å². The maximum absolute atomic E-state index is 13.8. The van der Waals surface area contributed by atoms with E-state index in [1.807, 2.05) is 100 Å². The molecule has 32 atom stereocenters. The van der Waals surface area contributed by atoms with Crippen LogP contribution in [0.1, 0.15) is 344 Å². The van der Waals surface area contributed by atoms with Crippen LogP contribution in [-0.2, 0) is 38.8 Å². The van der Waals surface area contributed by atoms with Gasteiger partial charge in [-0.25, -0.2) is 9.36 Å². The molecule has 16 saturated carbocycles. The topological polar surface area (TPSA) is 320 Å². The lowest BCUT2D eigenvalue weighted by Gasteiger charge is -2.61. The molecule has 16 aliphatic carbocycles. The first-order valence-electron chi connectivity index (χ1n) is 55.1. The molecule has 4 aromatic carbocycles. The standard InChI is InChI=1S/3C29H41N3O3.C22H35BrO2.C7H7N3O.4CH4/c1-27(34)14-15-28(2)18(16-27)8-9-19-20-10-11-22(29(20,3)13-12-21(19)28)24(33)17-32-23-6-5-7-25(35-4)26(23)30-31-32;1-27(34)14-15-28(2)18(16-27)8-9-19-20-10-11-22(29(20,3)13-12-21(19)28)24(33)17-32-26-23(30-31-32)6-5-7-25(26)35-4;1-27(34)14-15-28(2)18(16-27)8-9-19-20-10-11-22(29(20,3)13-12-21(19)28)24(33)17-32-30-23-6-5-7-25(35-4)26(23)31-32;1-20(25)10-11-21(2)14(12-20)4-5-15-16-6-7-18(19(24)13-23)22(16,3)9-8-17(15)21;1-11-6-4-2-3-5-7(6)9-10-8-5;;;;/h3*5-7,18-22,34H,8-17H2,1-4H3;14-18,25H,4-13H2,1-3H3;2-4H,1H3,(H,8,9,10);4*1H4/t3*18-,19+,20+,21+,22-,27-,28+,29+;14-,15+,16+,17+,18-,20-,21+,22+;;;;;/m1111...../s1. The summed E-state index contributed by atoms with van der Waals surface area (Å²) in [6.45, 7) is 28.8. The molecule has 24 nitrogen and oxygen atoms in total. The number of ketones is 4. The van der Waals surface area contributed by atoms with Crippen LogP contribution in [0.2, 0.25) is 0 Å². The van der Waals surface area contributed by atoms with Crippen LogP contribution in [0.25, 0.3) is 44.1 Å². The summed E-state index contributed by atoms with van der Waals surface area (Å²) in [5.74, 6) is 16.2. The molecule has 0 bridgehead atoms. The highest BCUT2D eigenvalue weighted by Crippen LogP contribution is 2.74. The number of methoxy groups -OCH3 is 4. The molecule has 0 aliphatic heterocycles. The number of halogens is 1.